The fourth-order valence-electron chi connectivity index (χ4n) is 2.45. The molecule has 0 bridgehead atoms. The topological polar surface area (TPSA) is 15.3 Å². The summed E-state index contributed by atoms with van der Waals surface area (Å²) in [6.07, 6.45) is 2.47. The molecule has 1 aliphatic rings. The maximum absolute atomic E-state index is 6.29. The predicted octanol–water partition coefficient (Wildman–Crippen LogP) is 3.23. The fraction of sp³-hybridized carbons (Fsp3) is 0.571. The molecule has 2 nitrogen and oxygen atoms in total. The van der Waals surface area contributed by atoms with Crippen molar-refractivity contribution in [3.8, 4) is 0 Å². The Hall–Kier alpha value is -0.730. The highest BCUT2D eigenvalue weighted by atomic mass is 35.5. The molecule has 0 aromatic heterocycles. The van der Waals surface area contributed by atoms with Gasteiger partial charge >= 0.3 is 0 Å². The first kappa shape index (κ1) is 12.7. The van der Waals surface area contributed by atoms with Crippen LogP contribution in [0.2, 0.25) is 5.02 Å². The molecular formula is C14H21ClN2. The maximum atomic E-state index is 6.29. The van der Waals surface area contributed by atoms with Gasteiger partial charge in [0.15, 0.2) is 0 Å². The van der Waals surface area contributed by atoms with Crippen LogP contribution in [0.1, 0.15) is 25.3 Å². The van der Waals surface area contributed by atoms with E-state index in [0.717, 1.165) is 24.7 Å². The lowest BCUT2D eigenvalue weighted by Crippen LogP contribution is -2.50. The third-order valence-electron chi connectivity index (χ3n) is 3.33. The number of nitrogens with one attached hydrogen (secondary N) is 1. The zero-order valence-corrected chi connectivity index (χ0v) is 11.4. The number of hydrogen-bond acceptors (Lipinski definition) is 2. The Morgan fingerprint density at radius 2 is 2.29 bits per heavy atom. The summed E-state index contributed by atoms with van der Waals surface area (Å²) in [6, 6.07) is 6.86. The second kappa shape index (κ2) is 5.74. The molecule has 1 heterocycles. The average molecular weight is 253 g/mol. The van der Waals surface area contributed by atoms with E-state index in [4.69, 9.17) is 11.6 Å². The highest BCUT2D eigenvalue weighted by molar-refractivity contribution is 6.33. The van der Waals surface area contributed by atoms with Crippen molar-refractivity contribution >= 4 is 17.3 Å². The lowest BCUT2D eigenvalue weighted by molar-refractivity contribution is 0.431. The monoisotopic (exact) mass is 252 g/mol. The largest absolute Gasteiger partial charge is 0.367 e. The van der Waals surface area contributed by atoms with E-state index in [2.05, 4.69) is 36.2 Å². The second-order valence-corrected chi connectivity index (χ2v) is 5.25. The van der Waals surface area contributed by atoms with Crippen LogP contribution in [-0.2, 0) is 0 Å². The van der Waals surface area contributed by atoms with Crippen LogP contribution in [0.3, 0.4) is 0 Å². The van der Waals surface area contributed by atoms with Gasteiger partial charge < -0.3 is 10.2 Å². The minimum atomic E-state index is 0.602. The Bertz CT molecular complexity index is 376. The predicted molar refractivity (Wildman–Crippen MR) is 75.1 cm³/mol. The minimum absolute atomic E-state index is 0.602. The van der Waals surface area contributed by atoms with E-state index in [-0.39, 0.29) is 0 Å². The molecule has 1 aliphatic heterocycles. The van der Waals surface area contributed by atoms with Crippen molar-refractivity contribution in [3.63, 3.8) is 0 Å². The maximum Gasteiger partial charge on any atom is 0.0639 e. The summed E-state index contributed by atoms with van der Waals surface area (Å²) in [4.78, 5) is 2.41. The molecular weight excluding hydrogens is 232 g/mol. The first-order valence-electron chi connectivity index (χ1n) is 6.45. The van der Waals surface area contributed by atoms with Gasteiger partial charge in [-0.05, 0) is 31.0 Å². The summed E-state index contributed by atoms with van der Waals surface area (Å²) in [6.45, 7) is 7.52. The second-order valence-electron chi connectivity index (χ2n) is 4.84. The molecule has 1 saturated heterocycles. The Morgan fingerprint density at radius 3 is 3.06 bits per heavy atom. The zero-order chi connectivity index (χ0) is 12.3. The molecule has 1 aromatic carbocycles. The van der Waals surface area contributed by atoms with Crippen molar-refractivity contribution < 1.29 is 0 Å². The summed E-state index contributed by atoms with van der Waals surface area (Å²) in [5, 5.41) is 4.44. The van der Waals surface area contributed by atoms with Crippen LogP contribution >= 0.6 is 11.6 Å². The van der Waals surface area contributed by atoms with Gasteiger partial charge in [-0.1, -0.05) is 31.0 Å². The quantitative estimate of drug-likeness (QED) is 0.889. The van der Waals surface area contributed by atoms with E-state index in [1.54, 1.807) is 0 Å². The normalized spacial score (nSPS) is 20.6. The third-order valence-corrected chi connectivity index (χ3v) is 3.65. The summed E-state index contributed by atoms with van der Waals surface area (Å²) in [5.41, 5.74) is 2.46. The molecule has 0 amide bonds. The molecule has 1 aromatic rings. The van der Waals surface area contributed by atoms with Gasteiger partial charge in [-0.15, -0.1) is 0 Å². The molecule has 0 aliphatic carbocycles. The van der Waals surface area contributed by atoms with Crippen LogP contribution in [0.5, 0.6) is 0 Å². The molecule has 2 rings (SSSR count). The molecule has 1 fully saturated rings. The molecule has 0 radical (unpaired) electrons. The van der Waals surface area contributed by atoms with Crippen LogP contribution in [0.15, 0.2) is 18.2 Å². The van der Waals surface area contributed by atoms with E-state index < -0.39 is 0 Å². The van der Waals surface area contributed by atoms with E-state index in [1.165, 1.54) is 24.1 Å². The van der Waals surface area contributed by atoms with Crippen molar-refractivity contribution in [1.29, 1.82) is 0 Å². The van der Waals surface area contributed by atoms with Crippen molar-refractivity contribution in [3.05, 3.63) is 28.8 Å². The van der Waals surface area contributed by atoms with Crippen LogP contribution in [-0.4, -0.2) is 25.7 Å². The first-order chi connectivity index (χ1) is 8.20. The van der Waals surface area contributed by atoms with E-state index in [1.807, 2.05) is 6.07 Å². The number of hydrogen-bond donors (Lipinski definition) is 1. The average Bonchev–Trinajstić information content (AvgIpc) is 2.33. The smallest absolute Gasteiger partial charge is 0.0639 e. The highest BCUT2D eigenvalue weighted by Gasteiger charge is 2.20. The van der Waals surface area contributed by atoms with E-state index in [0.29, 0.717) is 6.04 Å². The van der Waals surface area contributed by atoms with Gasteiger partial charge in [0, 0.05) is 25.7 Å². The Labute approximate surface area is 109 Å². The van der Waals surface area contributed by atoms with Gasteiger partial charge in [-0.2, -0.15) is 0 Å². The third kappa shape index (κ3) is 3.14. The van der Waals surface area contributed by atoms with Gasteiger partial charge in [-0.25, -0.2) is 0 Å². The molecule has 94 valence electrons. The van der Waals surface area contributed by atoms with E-state index in [9.17, 15) is 0 Å². The van der Waals surface area contributed by atoms with E-state index >= 15 is 0 Å². The van der Waals surface area contributed by atoms with Gasteiger partial charge in [0.2, 0.25) is 0 Å². The lowest BCUT2D eigenvalue weighted by Gasteiger charge is -2.36. The number of anilines is 1. The molecule has 0 spiro atoms. The molecule has 17 heavy (non-hydrogen) atoms. The van der Waals surface area contributed by atoms with Crippen molar-refractivity contribution in [2.45, 2.75) is 32.7 Å². The van der Waals surface area contributed by atoms with Gasteiger partial charge in [-0.3, -0.25) is 0 Å². The Balaban J connectivity index is 2.13. The van der Waals surface area contributed by atoms with Crippen molar-refractivity contribution in [2.75, 3.05) is 24.5 Å². The van der Waals surface area contributed by atoms with Crippen LogP contribution in [0.4, 0.5) is 5.69 Å². The Kier molecular flexibility index (Phi) is 4.30. The number of piperazine rings is 1. The van der Waals surface area contributed by atoms with Crippen molar-refractivity contribution in [1.82, 2.24) is 5.32 Å². The first-order valence-corrected chi connectivity index (χ1v) is 6.83. The molecule has 1 atom stereocenters. The summed E-state index contributed by atoms with van der Waals surface area (Å²) in [5.74, 6) is 0. The zero-order valence-electron chi connectivity index (χ0n) is 10.7. The summed E-state index contributed by atoms with van der Waals surface area (Å²) in [7, 11) is 0. The molecule has 3 heteroatoms. The standard InChI is InChI=1S/C14H21ClN2/c1-3-4-12-10-17(8-7-16-12)14-9-11(2)5-6-13(14)15/h5-6,9,12,16H,3-4,7-8,10H2,1-2H3. The summed E-state index contributed by atoms with van der Waals surface area (Å²) < 4.78 is 0. The molecule has 1 N–H and O–H groups in total. The number of halogens is 1. The number of rotatable bonds is 3. The highest BCUT2D eigenvalue weighted by Crippen LogP contribution is 2.27. The van der Waals surface area contributed by atoms with Gasteiger partial charge in [0.25, 0.3) is 0 Å². The van der Waals surface area contributed by atoms with Crippen LogP contribution in [0, 0.1) is 6.92 Å². The van der Waals surface area contributed by atoms with Crippen molar-refractivity contribution in [2.24, 2.45) is 0 Å². The van der Waals surface area contributed by atoms with Crippen LogP contribution < -0.4 is 10.2 Å². The van der Waals surface area contributed by atoms with Gasteiger partial charge in [0.1, 0.15) is 0 Å². The number of aryl methyl sites for hydroxylation is 1. The minimum Gasteiger partial charge on any atom is -0.367 e. The SMILES string of the molecule is CCCC1CN(c2cc(C)ccc2Cl)CCN1. The number of benzene rings is 1. The Morgan fingerprint density at radius 1 is 1.47 bits per heavy atom. The fourth-order valence-corrected chi connectivity index (χ4v) is 2.69. The molecule has 0 saturated carbocycles. The number of nitrogens with zero attached hydrogens (tertiary/aromatic N) is 1. The summed E-state index contributed by atoms with van der Waals surface area (Å²) >= 11 is 6.29. The molecule has 1 unspecified atom stereocenters. The lowest BCUT2D eigenvalue weighted by atomic mass is 10.1. The van der Waals surface area contributed by atoms with Crippen LogP contribution in [0.25, 0.3) is 0 Å². The van der Waals surface area contributed by atoms with Gasteiger partial charge in [0.05, 0.1) is 10.7 Å².